The second-order valence-corrected chi connectivity index (χ2v) is 5.86. The molecule has 6 nitrogen and oxygen atoms in total. The summed E-state index contributed by atoms with van der Waals surface area (Å²) in [7, 11) is 2.99. The molecule has 0 aliphatic rings. The van der Waals surface area contributed by atoms with Crippen LogP contribution in [0.15, 0.2) is 69.9 Å². The number of hydrogen-bond donors (Lipinski definition) is 0. The first-order valence-electron chi connectivity index (χ1n) is 8.21. The number of rotatable bonds is 6. The van der Waals surface area contributed by atoms with Gasteiger partial charge in [-0.15, -0.1) is 0 Å². The monoisotopic (exact) mass is 352 g/mol. The number of nitrogens with zero attached hydrogens (tertiary/aromatic N) is 2. The van der Waals surface area contributed by atoms with Crippen molar-refractivity contribution in [3.05, 3.63) is 76.6 Å². The molecule has 0 aliphatic carbocycles. The van der Waals surface area contributed by atoms with Crippen LogP contribution in [-0.2, 0) is 16.2 Å². The maximum atomic E-state index is 12.4. The van der Waals surface area contributed by atoms with Crippen LogP contribution in [0.4, 0.5) is 5.69 Å². The molecule has 134 valence electrons. The highest BCUT2D eigenvalue weighted by molar-refractivity contribution is 5.92. The van der Waals surface area contributed by atoms with Gasteiger partial charge in [-0.3, -0.25) is 9.63 Å². The van der Waals surface area contributed by atoms with Crippen LogP contribution in [0.1, 0.15) is 5.56 Å². The first-order chi connectivity index (χ1) is 12.6. The molecule has 0 unspecified atom stereocenters. The van der Waals surface area contributed by atoms with Crippen LogP contribution < -0.4 is 10.5 Å². The number of fused-ring (bicyclic) bond motifs is 1. The summed E-state index contributed by atoms with van der Waals surface area (Å²) in [6, 6.07) is 18.5. The van der Waals surface area contributed by atoms with E-state index in [2.05, 4.69) is 0 Å². The smallest absolute Gasteiger partial charge is 0.338 e. The van der Waals surface area contributed by atoms with Crippen molar-refractivity contribution in [3.8, 4) is 0 Å². The summed E-state index contributed by atoms with van der Waals surface area (Å²) >= 11 is 0. The minimum Gasteiger partial charge on any atom is -0.423 e. The Morgan fingerprint density at radius 2 is 1.77 bits per heavy atom. The van der Waals surface area contributed by atoms with E-state index in [1.165, 1.54) is 18.2 Å². The number of amides is 1. The fourth-order valence-electron chi connectivity index (χ4n) is 2.75. The van der Waals surface area contributed by atoms with E-state index >= 15 is 0 Å². The molecule has 6 heteroatoms. The van der Waals surface area contributed by atoms with Gasteiger partial charge in [-0.1, -0.05) is 42.5 Å². The van der Waals surface area contributed by atoms with Gasteiger partial charge in [0.25, 0.3) is 5.91 Å². The first kappa shape index (κ1) is 17.7. The third kappa shape index (κ3) is 3.92. The lowest BCUT2D eigenvalue weighted by Crippen LogP contribution is -2.38. The fourth-order valence-corrected chi connectivity index (χ4v) is 2.75. The summed E-state index contributed by atoms with van der Waals surface area (Å²) in [5.41, 5.74) is 1.71. The van der Waals surface area contributed by atoms with E-state index in [1.54, 1.807) is 19.2 Å². The number of anilines is 1. The van der Waals surface area contributed by atoms with Gasteiger partial charge in [0.05, 0.1) is 19.3 Å². The van der Waals surface area contributed by atoms with E-state index < -0.39 is 5.63 Å². The summed E-state index contributed by atoms with van der Waals surface area (Å²) in [6.45, 7) is 0.532. The standard InChI is InChI=1S/C20H20N2O4/c1-21(25-2)19(23)14-22(13-15-8-4-3-5-9-15)17-12-20(24)26-18-11-7-6-10-16(17)18/h3-12H,13-14H2,1-2H3. The number of likely N-dealkylation sites (N-methyl/N-ethyl adjacent to an activating group) is 1. The van der Waals surface area contributed by atoms with Crippen molar-refractivity contribution >= 4 is 22.6 Å². The summed E-state index contributed by atoms with van der Waals surface area (Å²) in [5, 5.41) is 1.95. The number of para-hydroxylation sites is 1. The van der Waals surface area contributed by atoms with Crippen molar-refractivity contribution in [2.24, 2.45) is 0 Å². The second kappa shape index (κ2) is 7.84. The van der Waals surface area contributed by atoms with Gasteiger partial charge in [0.15, 0.2) is 0 Å². The maximum absolute atomic E-state index is 12.4. The molecule has 0 bridgehead atoms. The van der Waals surface area contributed by atoms with E-state index in [9.17, 15) is 9.59 Å². The third-order valence-corrected chi connectivity index (χ3v) is 4.14. The molecule has 0 radical (unpaired) electrons. The molecule has 3 rings (SSSR count). The van der Waals surface area contributed by atoms with Crippen LogP contribution in [-0.4, -0.2) is 31.7 Å². The molecule has 0 saturated carbocycles. The van der Waals surface area contributed by atoms with Crippen LogP contribution in [0, 0.1) is 0 Å². The Kier molecular flexibility index (Phi) is 5.34. The molecular formula is C20H20N2O4. The fraction of sp³-hybridized carbons (Fsp3) is 0.200. The highest BCUT2D eigenvalue weighted by Crippen LogP contribution is 2.26. The summed E-state index contributed by atoms with van der Waals surface area (Å²) in [6.07, 6.45) is 0. The summed E-state index contributed by atoms with van der Waals surface area (Å²) < 4.78 is 5.27. The van der Waals surface area contributed by atoms with E-state index in [0.29, 0.717) is 17.8 Å². The summed E-state index contributed by atoms with van der Waals surface area (Å²) in [5.74, 6) is -0.222. The lowest BCUT2D eigenvalue weighted by Gasteiger charge is -2.27. The Bertz CT molecular complexity index is 953. The molecule has 1 heterocycles. The maximum Gasteiger partial charge on any atom is 0.338 e. The third-order valence-electron chi connectivity index (χ3n) is 4.14. The zero-order valence-corrected chi connectivity index (χ0v) is 14.7. The largest absolute Gasteiger partial charge is 0.423 e. The molecule has 0 aliphatic heterocycles. The van der Waals surface area contributed by atoms with Crippen LogP contribution in [0.25, 0.3) is 11.0 Å². The van der Waals surface area contributed by atoms with Crippen molar-refractivity contribution in [1.82, 2.24) is 5.06 Å². The van der Waals surface area contributed by atoms with E-state index in [0.717, 1.165) is 10.9 Å². The number of hydrogen-bond acceptors (Lipinski definition) is 5. The van der Waals surface area contributed by atoms with Crippen molar-refractivity contribution in [3.63, 3.8) is 0 Å². The van der Waals surface area contributed by atoms with Crippen molar-refractivity contribution in [2.75, 3.05) is 25.6 Å². The number of benzene rings is 2. The highest BCUT2D eigenvalue weighted by atomic mass is 16.7. The van der Waals surface area contributed by atoms with Gasteiger partial charge in [-0.2, -0.15) is 0 Å². The van der Waals surface area contributed by atoms with Crippen LogP contribution in [0.5, 0.6) is 0 Å². The van der Waals surface area contributed by atoms with Gasteiger partial charge in [0.2, 0.25) is 0 Å². The zero-order chi connectivity index (χ0) is 18.5. The van der Waals surface area contributed by atoms with Gasteiger partial charge >= 0.3 is 5.63 Å². The molecule has 1 aromatic heterocycles. The topological polar surface area (TPSA) is 63.0 Å². The molecule has 3 aromatic rings. The zero-order valence-electron chi connectivity index (χ0n) is 14.7. The average molecular weight is 352 g/mol. The van der Waals surface area contributed by atoms with Gasteiger partial charge in [0, 0.05) is 25.0 Å². The van der Waals surface area contributed by atoms with Crippen molar-refractivity contribution in [1.29, 1.82) is 0 Å². The minimum atomic E-state index is -0.454. The Labute approximate surface area is 151 Å². The van der Waals surface area contributed by atoms with E-state index in [-0.39, 0.29) is 12.5 Å². The number of carbonyl (C=O) groups excluding carboxylic acids is 1. The molecule has 0 N–H and O–H groups in total. The molecule has 1 amide bonds. The Hall–Kier alpha value is -3.12. The normalized spacial score (nSPS) is 10.7. The van der Waals surface area contributed by atoms with Crippen LogP contribution in [0.3, 0.4) is 0 Å². The lowest BCUT2D eigenvalue weighted by molar-refractivity contribution is -0.166. The second-order valence-electron chi connectivity index (χ2n) is 5.86. The van der Waals surface area contributed by atoms with Crippen LogP contribution in [0.2, 0.25) is 0 Å². The molecule has 0 atom stereocenters. The van der Waals surface area contributed by atoms with Crippen molar-refractivity contribution in [2.45, 2.75) is 6.54 Å². The minimum absolute atomic E-state index is 0.0622. The van der Waals surface area contributed by atoms with Gasteiger partial charge in [-0.05, 0) is 17.7 Å². The van der Waals surface area contributed by atoms with Gasteiger partial charge in [-0.25, -0.2) is 9.86 Å². The Balaban J connectivity index is 2.05. The summed E-state index contributed by atoms with van der Waals surface area (Å²) in [4.78, 5) is 31.3. The molecule has 26 heavy (non-hydrogen) atoms. The Morgan fingerprint density at radius 3 is 2.50 bits per heavy atom. The van der Waals surface area contributed by atoms with E-state index in [4.69, 9.17) is 9.25 Å². The van der Waals surface area contributed by atoms with E-state index in [1.807, 2.05) is 47.4 Å². The Morgan fingerprint density at radius 1 is 1.08 bits per heavy atom. The molecular weight excluding hydrogens is 332 g/mol. The van der Waals surface area contributed by atoms with Gasteiger partial charge in [0.1, 0.15) is 5.58 Å². The average Bonchev–Trinajstić information content (AvgIpc) is 2.66. The SMILES string of the molecule is CON(C)C(=O)CN(Cc1ccccc1)c1cc(=O)oc2ccccc12. The van der Waals surface area contributed by atoms with Gasteiger partial charge < -0.3 is 9.32 Å². The van der Waals surface area contributed by atoms with Crippen LogP contribution >= 0.6 is 0 Å². The molecule has 0 saturated heterocycles. The number of carbonyl (C=O) groups is 1. The lowest BCUT2D eigenvalue weighted by atomic mass is 10.1. The molecule has 0 spiro atoms. The predicted molar refractivity (Wildman–Crippen MR) is 99.8 cm³/mol. The highest BCUT2D eigenvalue weighted by Gasteiger charge is 2.19. The van der Waals surface area contributed by atoms with Crippen molar-refractivity contribution < 1.29 is 14.0 Å². The first-order valence-corrected chi connectivity index (χ1v) is 8.21. The quantitative estimate of drug-likeness (QED) is 0.504. The predicted octanol–water partition coefficient (Wildman–Crippen LogP) is 2.82. The molecule has 0 fully saturated rings. The number of hydroxylamine groups is 2. The molecule has 2 aromatic carbocycles.